The van der Waals surface area contributed by atoms with E-state index in [1.807, 2.05) is 25.3 Å². The van der Waals surface area contributed by atoms with Crippen LogP contribution in [0.1, 0.15) is 21.7 Å². The molecule has 4 heterocycles. The van der Waals surface area contributed by atoms with E-state index in [1.165, 1.54) is 10.4 Å². The van der Waals surface area contributed by atoms with Gasteiger partial charge in [-0.2, -0.15) is 0 Å². The lowest BCUT2D eigenvalue weighted by Crippen LogP contribution is -2.15. The zero-order chi connectivity index (χ0) is 17.6. The van der Waals surface area contributed by atoms with E-state index in [0.29, 0.717) is 11.4 Å². The molecule has 4 rings (SSSR count). The first-order chi connectivity index (χ1) is 12.0. The molecule has 0 radical (unpaired) electrons. The standard InChI is InChI=1S/C18H16N4OS2/c1-10-4-5-14-21-13(6-15(23)22(14)7-10)8-24-17-16-11(2)12(3)25-18(16)20-9-19-17/h4-7,9H,8H2,1-3H3. The molecule has 0 spiro atoms. The zero-order valence-electron chi connectivity index (χ0n) is 14.1. The summed E-state index contributed by atoms with van der Waals surface area (Å²) in [6.07, 6.45) is 3.42. The number of aryl methyl sites for hydroxylation is 3. The molecule has 0 aliphatic carbocycles. The molecule has 4 aromatic rings. The second-order valence-corrected chi connectivity index (χ2v) is 8.12. The van der Waals surface area contributed by atoms with Gasteiger partial charge in [-0.15, -0.1) is 11.3 Å². The van der Waals surface area contributed by atoms with Crippen LogP contribution in [0.5, 0.6) is 0 Å². The summed E-state index contributed by atoms with van der Waals surface area (Å²) in [6.45, 7) is 6.16. The number of pyridine rings is 1. The number of thiophene rings is 1. The van der Waals surface area contributed by atoms with Gasteiger partial charge >= 0.3 is 0 Å². The molecule has 0 bridgehead atoms. The van der Waals surface area contributed by atoms with Gasteiger partial charge in [0.05, 0.1) is 5.69 Å². The number of rotatable bonds is 3. The monoisotopic (exact) mass is 368 g/mol. The number of fused-ring (bicyclic) bond motifs is 2. The van der Waals surface area contributed by atoms with Crippen LogP contribution in [0.4, 0.5) is 0 Å². The first-order valence-electron chi connectivity index (χ1n) is 7.85. The van der Waals surface area contributed by atoms with Crippen LogP contribution in [-0.4, -0.2) is 19.4 Å². The minimum Gasteiger partial charge on any atom is -0.269 e. The van der Waals surface area contributed by atoms with Crippen LogP contribution < -0.4 is 5.56 Å². The van der Waals surface area contributed by atoms with E-state index < -0.39 is 0 Å². The van der Waals surface area contributed by atoms with Crippen molar-refractivity contribution in [3.8, 4) is 0 Å². The Kier molecular flexibility index (Phi) is 4.05. The first kappa shape index (κ1) is 16.2. The predicted octanol–water partition coefficient (Wildman–Crippen LogP) is 3.92. The average molecular weight is 368 g/mol. The summed E-state index contributed by atoms with van der Waals surface area (Å²) >= 11 is 3.28. The Balaban J connectivity index is 1.69. The summed E-state index contributed by atoms with van der Waals surface area (Å²) in [7, 11) is 0. The lowest BCUT2D eigenvalue weighted by atomic mass is 10.2. The van der Waals surface area contributed by atoms with E-state index in [1.54, 1.807) is 39.9 Å². The third-order valence-corrected chi connectivity index (χ3v) is 6.29. The molecular weight excluding hydrogens is 352 g/mol. The van der Waals surface area contributed by atoms with Crippen molar-refractivity contribution < 1.29 is 0 Å². The van der Waals surface area contributed by atoms with Crippen molar-refractivity contribution in [3.05, 3.63) is 62.8 Å². The highest BCUT2D eigenvalue weighted by atomic mass is 32.2. The molecule has 0 saturated carbocycles. The fourth-order valence-electron chi connectivity index (χ4n) is 2.73. The van der Waals surface area contributed by atoms with E-state index in [-0.39, 0.29) is 5.56 Å². The normalized spacial score (nSPS) is 11.5. The molecule has 0 atom stereocenters. The highest BCUT2D eigenvalue weighted by Gasteiger charge is 2.13. The average Bonchev–Trinajstić information content (AvgIpc) is 2.89. The SMILES string of the molecule is Cc1ccc2nc(CSc3ncnc4sc(C)c(C)c34)cc(=O)n2c1. The van der Waals surface area contributed by atoms with Crippen LogP contribution in [0.25, 0.3) is 15.9 Å². The van der Waals surface area contributed by atoms with Gasteiger partial charge in [0.2, 0.25) is 0 Å². The van der Waals surface area contributed by atoms with E-state index in [0.717, 1.165) is 26.5 Å². The molecule has 126 valence electrons. The molecule has 0 N–H and O–H groups in total. The quantitative estimate of drug-likeness (QED) is 0.405. The third kappa shape index (κ3) is 2.94. The highest BCUT2D eigenvalue weighted by Crippen LogP contribution is 2.35. The Morgan fingerprint density at radius 3 is 2.88 bits per heavy atom. The van der Waals surface area contributed by atoms with Crippen molar-refractivity contribution in [2.75, 3.05) is 0 Å². The second-order valence-electron chi connectivity index (χ2n) is 5.95. The fraction of sp³-hybridized carbons (Fsp3) is 0.222. The molecule has 0 unspecified atom stereocenters. The lowest BCUT2D eigenvalue weighted by molar-refractivity contribution is 1.000. The van der Waals surface area contributed by atoms with Gasteiger partial charge in [-0.3, -0.25) is 9.20 Å². The molecule has 0 aromatic carbocycles. The molecule has 0 amide bonds. The Hall–Kier alpha value is -2.25. The van der Waals surface area contributed by atoms with E-state index in [4.69, 9.17) is 0 Å². The number of thioether (sulfide) groups is 1. The number of aromatic nitrogens is 4. The number of hydrogen-bond acceptors (Lipinski definition) is 6. The Morgan fingerprint density at radius 1 is 1.20 bits per heavy atom. The van der Waals surface area contributed by atoms with Crippen LogP contribution in [0.15, 0.2) is 40.5 Å². The highest BCUT2D eigenvalue weighted by molar-refractivity contribution is 7.98. The molecule has 0 aliphatic heterocycles. The van der Waals surface area contributed by atoms with Crippen LogP contribution in [0.3, 0.4) is 0 Å². The Bertz CT molecular complexity index is 1160. The zero-order valence-corrected chi connectivity index (χ0v) is 15.7. The van der Waals surface area contributed by atoms with Crippen molar-refractivity contribution in [3.63, 3.8) is 0 Å². The van der Waals surface area contributed by atoms with Crippen LogP contribution >= 0.6 is 23.1 Å². The van der Waals surface area contributed by atoms with Crippen molar-refractivity contribution in [1.82, 2.24) is 19.4 Å². The molecule has 25 heavy (non-hydrogen) atoms. The molecule has 4 aromatic heterocycles. The van der Waals surface area contributed by atoms with Gasteiger partial charge in [0.25, 0.3) is 5.56 Å². The predicted molar refractivity (Wildman–Crippen MR) is 103 cm³/mol. The fourth-order valence-corrected chi connectivity index (χ4v) is 4.74. The smallest absolute Gasteiger partial charge is 0.258 e. The summed E-state index contributed by atoms with van der Waals surface area (Å²) in [5.41, 5.74) is 3.63. The van der Waals surface area contributed by atoms with E-state index in [2.05, 4.69) is 28.8 Å². The third-order valence-electron chi connectivity index (χ3n) is 4.15. The van der Waals surface area contributed by atoms with Crippen LogP contribution in [-0.2, 0) is 5.75 Å². The van der Waals surface area contributed by atoms with E-state index >= 15 is 0 Å². The molecular formula is C18H16N4OS2. The number of nitrogens with zero attached hydrogens (tertiary/aromatic N) is 4. The van der Waals surface area contributed by atoms with Gasteiger partial charge in [0, 0.05) is 28.3 Å². The van der Waals surface area contributed by atoms with Gasteiger partial charge in [0.1, 0.15) is 21.8 Å². The van der Waals surface area contributed by atoms with Gasteiger partial charge < -0.3 is 0 Å². The topological polar surface area (TPSA) is 60.2 Å². The van der Waals surface area contributed by atoms with Gasteiger partial charge in [0.15, 0.2) is 0 Å². The Morgan fingerprint density at radius 2 is 2.04 bits per heavy atom. The maximum atomic E-state index is 12.3. The summed E-state index contributed by atoms with van der Waals surface area (Å²) in [5, 5.41) is 2.06. The summed E-state index contributed by atoms with van der Waals surface area (Å²) in [6, 6.07) is 5.44. The summed E-state index contributed by atoms with van der Waals surface area (Å²) in [5.74, 6) is 0.597. The molecule has 0 fully saturated rings. The summed E-state index contributed by atoms with van der Waals surface area (Å²) < 4.78 is 1.58. The number of hydrogen-bond donors (Lipinski definition) is 0. The van der Waals surface area contributed by atoms with Crippen molar-refractivity contribution in [1.29, 1.82) is 0 Å². The van der Waals surface area contributed by atoms with Crippen molar-refractivity contribution >= 4 is 39.0 Å². The maximum absolute atomic E-state index is 12.3. The van der Waals surface area contributed by atoms with Crippen LogP contribution in [0, 0.1) is 20.8 Å². The van der Waals surface area contributed by atoms with Gasteiger partial charge in [-0.25, -0.2) is 15.0 Å². The largest absolute Gasteiger partial charge is 0.269 e. The van der Waals surface area contributed by atoms with Crippen molar-refractivity contribution in [2.24, 2.45) is 0 Å². The minimum atomic E-state index is -0.0558. The van der Waals surface area contributed by atoms with Gasteiger partial charge in [-0.1, -0.05) is 17.8 Å². The molecule has 7 heteroatoms. The molecule has 5 nitrogen and oxygen atoms in total. The van der Waals surface area contributed by atoms with Crippen molar-refractivity contribution in [2.45, 2.75) is 31.6 Å². The second kappa shape index (κ2) is 6.24. The lowest BCUT2D eigenvalue weighted by Gasteiger charge is -2.06. The minimum absolute atomic E-state index is 0.0558. The maximum Gasteiger partial charge on any atom is 0.258 e. The molecule has 0 aliphatic rings. The molecule has 0 saturated heterocycles. The van der Waals surface area contributed by atoms with Crippen LogP contribution in [0.2, 0.25) is 0 Å². The first-order valence-corrected chi connectivity index (χ1v) is 9.65. The van der Waals surface area contributed by atoms with Gasteiger partial charge in [-0.05, 0) is 38.0 Å². The summed E-state index contributed by atoms with van der Waals surface area (Å²) in [4.78, 5) is 28.0. The Labute approximate surface area is 152 Å². The van der Waals surface area contributed by atoms with E-state index in [9.17, 15) is 4.79 Å².